The zero-order valence-electron chi connectivity index (χ0n) is 8.31. The van der Waals surface area contributed by atoms with E-state index in [1.165, 1.54) is 0 Å². The van der Waals surface area contributed by atoms with Crippen molar-refractivity contribution < 1.29 is 0 Å². The Morgan fingerprint density at radius 2 is 1.91 bits per heavy atom. The minimum Gasteiger partial charge on any atom is -0.402 e. The zero-order valence-corrected chi connectivity index (χ0v) is 8.31. The SMILES string of the molecule is CC.CC/C(C=NC)=C(\C)N. The van der Waals surface area contributed by atoms with Crippen LogP contribution in [0.3, 0.4) is 0 Å². The number of nitrogens with zero attached hydrogens (tertiary/aromatic N) is 1. The van der Waals surface area contributed by atoms with Crippen molar-refractivity contribution in [3.63, 3.8) is 0 Å². The van der Waals surface area contributed by atoms with Crippen LogP contribution in [0.25, 0.3) is 0 Å². The predicted molar refractivity (Wildman–Crippen MR) is 52.9 cm³/mol. The van der Waals surface area contributed by atoms with Crippen molar-refractivity contribution in [1.29, 1.82) is 0 Å². The molecule has 0 aliphatic heterocycles. The molecule has 66 valence electrons. The Balaban J connectivity index is 0. The average molecular weight is 156 g/mol. The number of hydrogen-bond acceptors (Lipinski definition) is 2. The molecule has 11 heavy (non-hydrogen) atoms. The molecule has 0 fully saturated rings. The molecule has 0 unspecified atom stereocenters. The van der Waals surface area contributed by atoms with Crippen LogP contribution in [0.4, 0.5) is 0 Å². The summed E-state index contributed by atoms with van der Waals surface area (Å²) in [4.78, 5) is 3.87. The molecule has 2 N–H and O–H groups in total. The molecule has 0 saturated heterocycles. The molecule has 0 rings (SSSR count). The predicted octanol–water partition coefficient (Wildman–Crippen LogP) is 2.36. The van der Waals surface area contributed by atoms with Crippen molar-refractivity contribution in [3.05, 3.63) is 11.3 Å². The zero-order chi connectivity index (χ0) is 9.28. The van der Waals surface area contributed by atoms with Gasteiger partial charge in [0.15, 0.2) is 0 Å². The van der Waals surface area contributed by atoms with Gasteiger partial charge in [0.25, 0.3) is 0 Å². The maximum Gasteiger partial charge on any atom is 0.0277 e. The summed E-state index contributed by atoms with van der Waals surface area (Å²) in [6, 6.07) is 0. The van der Waals surface area contributed by atoms with Crippen molar-refractivity contribution in [3.8, 4) is 0 Å². The summed E-state index contributed by atoms with van der Waals surface area (Å²) in [5.41, 5.74) is 7.51. The van der Waals surface area contributed by atoms with Gasteiger partial charge >= 0.3 is 0 Å². The molecule has 0 spiro atoms. The van der Waals surface area contributed by atoms with Gasteiger partial charge in [0.05, 0.1) is 0 Å². The topological polar surface area (TPSA) is 38.4 Å². The normalized spacial score (nSPS) is 12.1. The summed E-state index contributed by atoms with van der Waals surface area (Å²) in [5, 5.41) is 0. The van der Waals surface area contributed by atoms with Gasteiger partial charge in [-0.25, -0.2) is 0 Å². The van der Waals surface area contributed by atoms with Gasteiger partial charge in [-0.05, 0) is 18.9 Å². The van der Waals surface area contributed by atoms with E-state index in [0.29, 0.717) is 0 Å². The van der Waals surface area contributed by atoms with Crippen molar-refractivity contribution in [2.24, 2.45) is 10.7 Å². The lowest BCUT2D eigenvalue weighted by Gasteiger charge is -1.97. The summed E-state index contributed by atoms with van der Waals surface area (Å²) >= 11 is 0. The lowest BCUT2D eigenvalue weighted by atomic mass is 10.2. The third-order valence-electron chi connectivity index (χ3n) is 1.17. The number of rotatable bonds is 2. The molecule has 0 bridgehead atoms. The van der Waals surface area contributed by atoms with E-state index < -0.39 is 0 Å². The highest BCUT2D eigenvalue weighted by atomic mass is 14.6. The molecular formula is C9H20N2. The van der Waals surface area contributed by atoms with Crippen LogP contribution in [0.1, 0.15) is 34.1 Å². The van der Waals surface area contributed by atoms with Crippen LogP contribution in [-0.2, 0) is 0 Å². The molecule has 0 aliphatic carbocycles. The first-order valence-electron chi connectivity index (χ1n) is 4.09. The molecule has 0 heterocycles. The Morgan fingerprint density at radius 1 is 1.45 bits per heavy atom. The molecule has 2 heteroatoms. The van der Waals surface area contributed by atoms with Crippen LogP contribution < -0.4 is 5.73 Å². The third kappa shape index (κ3) is 7.10. The second-order valence-electron chi connectivity index (χ2n) is 1.95. The third-order valence-corrected chi connectivity index (χ3v) is 1.17. The Kier molecular flexibility index (Phi) is 10.8. The van der Waals surface area contributed by atoms with Gasteiger partial charge in [0, 0.05) is 19.0 Å². The van der Waals surface area contributed by atoms with Crippen LogP contribution >= 0.6 is 0 Å². The fourth-order valence-electron chi connectivity index (χ4n) is 0.628. The number of allylic oxidation sites excluding steroid dienone is 2. The summed E-state index contributed by atoms with van der Waals surface area (Å²) in [5.74, 6) is 0. The summed E-state index contributed by atoms with van der Waals surface area (Å²) < 4.78 is 0. The maximum absolute atomic E-state index is 5.52. The standard InChI is InChI=1S/C7H14N2.C2H6/c1-4-7(5-9-3)6(2)8;1-2/h5H,4,8H2,1-3H3;1-2H3/b7-6-,9-5?;. The Morgan fingerprint density at radius 3 is 2.00 bits per heavy atom. The van der Waals surface area contributed by atoms with E-state index in [1.807, 2.05) is 20.8 Å². The summed E-state index contributed by atoms with van der Waals surface area (Å²) in [6.45, 7) is 7.95. The first-order chi connectivity index (χ1) is 5.22. The lowest BCUT2D eigenvalue weighted by Crippen LogP contribution is -1.98. The fourth-order valence-corrected chi connectivity index (χ4v) is 0.628. The quantitative estimate of drug-likeness (QED) is 0.612. The highest BCUT2D eigenvalue weighted by Gasteiger charge is 1.89. The van der Waals surface area contributed by atoms with E-state index >= 15 is 0 Å². The Bertz CT molecular complexity index is 130. The molecule has 0 aliphatic rings. The summed E-state index contributed by atoms with van der Waals surface area (Å²) in [6.07, 6.45) is 2.76. The fraction of sp³-hybridized carbons (Fsp3) is 0.667. The van der Waals surface area contributed by atoms with Gasteiger partial charge in [-0.3, -0.25) is 4.99 Å². The van der Waals surface area contributed by atoms with Crippen LogP contribution in [0.5, 0.6) is 0 Å². The van der Waals surface area contributed by atoms with E-state index in [4.69, 9.17) is 5.73 Å². The van der Waals surface area contributed by atoms with E-state index in [-0.39, 0.29) is 0 Å². The van der Waals surface area contributed by atoms with Crippen molar-refractivity contribution in [2.75, 3.05) is 7.05 Å². The average Bonchev–Trinajstić information content (AvgIpc) is 2.03. The Labute approximate surface area is 70.2 Å². The lowest BCUT2D eigenvalue weighted by molar-refractivity contribution is 1.11. The monoisotopic (exact) mass is 156 g/mol. The number of nitrogens with two attached hydrogens (primary N) is 1. The highest BCUT2D eigenvalue weighted by molar-refractivity contribution is 5.79. The van der Waals surface area contributed by atoms with E-state index in [0.717, 1.165) is 17.7 Å². The molecule has 0 aromatic heterocycles. The smallest absolute Gasteiger partial charge is 0.0277 e. The minimum atomic E-state index is 0.864. The van der Waals surface area contributed by atoms with Gasteiger partial charge in [-0.15, -0.1) is 0 Å². The second-order valence-corrected chi connectivity index (χ2v) is 1.95. The van der Waals surface area contributed by atoms with Gasteiger partial charge in [-0.2, -0.15) is 0 Å². The van der Waals surface area contributed by atoms with E-state index in [1.54, 1.807) is 13.3 Å². The molecule has 0 aromatic rings. The van der Waals surface area contributed by atoms with E-state index in [2.05, 4.69) is 11.9 Å². The van der Waals surface area contributed by atoms with Crippen molar-refractivity contribution in [2.45, 2.75) is 34.1 Å². The largest absolute Gasteiger partial charge is 0.402 e. The molecule has 0 aromatic carbocycles. The first kappa shape index (κ1) is 12.8. The van der Waals surface area contributed by atoms with Crippen LogP contribution in [0.2, 0.25) is 0 Å². The van der Waals surface area contributed by atoms with Gasteiger partial charge < -0.3 is 5.73 Å². The van der Waals surface area contributed by atoms with Gasteiger partial charge in [-0.1, -0.05) is 20.8 Å². The maximum atomic E-state index is 5.52. The number of aliphatic imine (C=N–C) groups is 1. The molecule has 2 nitrogen and oxygen atoms in total. The molecular weight excluding hydrogens is 136 g/mol. The van der Waals surface area contributed by atoms with Crippen LogP contribution in [0.15, 0.2) is 16.3 Å². The van der Waals surface area contributed by atoms with Gasteiger partial charge in [0.1, 0.15) is 0 Å². The molecule has 0 radical (unpaired) electrons. The summed E-state index contributed by atoms with van der Waals surface area (Å²) in [7, 11) is 1.75. The van der Waals surface area contributed by atoms with Crippen molar-refractivity contribution in [1.82, 2.24) is 0 Å². The molecule has 0 atom stereocenters. The minimum absolute atomic E-state index is 0.864. The highest BCUT2D eigenvalue weighted by Crippen LogP contribution is 1.99. The molecule has 0 amide bonds. The number of hydrogen-bond donors (Lipinski definition) is 1. The Hall–Kier alpha value is -0.790. The second kappa shape index (κ2) is 9.21. The van der Waals surface area contributed by atoms with Gasteiger partial charge in [0.2, 0.25) is 0 Å². The van der Waals surface area contributed by atoms with Crippen molar-refractivity contribution >= 4 is 6.21 Å². The first-order valence-corrected chi connectivity index (χ1v) is 4.09. The van der Waals surface area contributed by atoms with E-state index in [9.17, 15) is 0 Å². The molecule has 0 saturated carbocycles. The van der Waals surface area contributed by atoms with Crippen LogP contribution in [0, 0.1) is 0 Å². The van der Waals surface area contributed by atoms with Crippen LogP contribution in [-0.4, -0.2) is 13.3 Å².